The molecule has 1 aliphatic carbocycles. The summed E-state index contributed by atoms with van der Waals surface area (Å²) in [6.07, 6.45) is -3.12. The van der Waals surface area contributed by atoms with Crippen molar-refractivity contribution in [3.63, 3.8) is 0 Å². The van der Waals surface area contributed by atoms with Crippen LogP contribution in [0.1, 0.15) is 43.1 Å². The normalized spacial score (nSPS) is 16.1. The van der Waals surface area contributed by atoms with Gasteiger partial charge in [0, 0.05) is 5.92 Å². The van der Waals surface area contributed by atoms with Crippen molar-refractivity contribution in [2.45, 2.75) is 37.9 Å². The van der Waals surface area contributed by atoms with Crippen LogP contribution in [0.25, 0.3) is 0 Å². The number of nitrogens with zero attached hydrogens (tertiary/aromatic N) is 2. The van der Waals surface area contributed by atoms with E-state index in [2.05, 4.69) is 31.1 Å². The molecule has 2 rings (SSSR count). The van der Waals surface area contributed by atoms with E-state index in [9.17, 15) is 22.8 Å². The van der Waals surface area contributed by atoms with E-state index in [0.29, 0.717) is 5.69 Å². The van der Waals surface area contributed by atoms with Gasteiger partial charge in [-0.25, -0.2) is 0 Å². The summed E-state index contributed by atoms with van der Waals surface area (Å²) in [5.74, 6) is -1.31. The Morgan fingerprint density at radius 1 is 1.48 bits per heavy atom. The number of esters is 1. The Hall–Kier alpha value is -1.58. The summed E-state index contributed by atoms with van der Waals surface area (Å²) in [6, 6.07) is -0.984. The number of ether oxygens (including phenoxy) is 1. The van der Waals surface area contributed by atoms with Crippen molar-refractivity contribution < 1.29 is 27.5 Å². The Labute approximate surface area is 138 Å². The van der Waals surface area contributed by atoms with E-state index in [-0.39, 0.29) is 16.9 Å². The number of methoxy groups -OCH3 is 1. The number of hydrogen-bond acceptors (Lipinski definition) is 4. The summed E-state index contributed by atoms with van der Waals surface area (Å²) >= 11 is 2.96. The topological polar surface area (TPSA) is 73.2 Å². The Bertz CT molecular complexity index is 626. The first kappa shape index (κ1) is 17.8. The zero-order valence-electron chi connectivity index (χ0n) is 12.4. The monoisotopic (exact) mass is 397 g/mol. The van der Waals surface area contributed by atoms with Gasteiger partial charge < -0.3 is 10.1 Å². The molecule has 0 spiro atoms. The quantitative estimate of drug-likeness (QED) is 0.774. The maximum atomic E-state index is 13.0. The standard InChI is InChI=1S/C13H15BrF3N3O3/c1-6(12(22)18-5-8(21)23-2)20-10(7-3-4-7)9(14)11(19-20)13(15,16)17/h6-7H,3-5H2,1-2H3,(H,18,22). The minimum Gasteiger partial charge on any atom is -0.468 e. The second-order valence-electron chi connectivity index (χ2n) is 5.23. The Morgan fingerprint density at radius 3 is 2.57 bits per heavy atom. The molecule has 10 heteroatoms. The largest absolute Gasteiger partial charge is 0.468 e. The lowest BCUT2D eigenvalue weighted by Crippen LogP contribution is -2.36. The molecule has 0 radical (unpaired) electrons. The number of aromatic nitrogens is 2. The van der Waals surface area contributed by atoms with Gasteiger partial charge in [0.15, 0.2) is 5.69 Å². The van der Waals surface area contributed by atoms with Gasteiger partial charge in [-0.1, -0.05) is 0 Å². The summed E-state index contributed by atoms with van der Waals surface area (Å²) in [7, 11) is 1.17. The summed E-state index contributed by atoms with van der Waals surface area (Å²) in [5.41, 5.74) is -0.690. The van der Waals surface area contributed by atoms with Crippen LogP contribution in [0, 0.1) is 0 Å². The fourth-order valence-corrected chi connectivity index (χ4v) is 2.93. The fourth-order valence-electron chi connectivity index (χ4n) is 2.12. The molecule has 23 heavy (non-hydrogen) atoms. The Morgan fingerprint density at radius 2 is 2.09 bits per heavy atom. The molecule has 0 saturated heterocycles. The third-order valence-corrected chi connectivity index (χ3v) is 4.28. The Balaban J connectivity index is 2.27. The zero-order chi connectivity index (χ0) is 17.4. The summed E-state index contributed by atoms with van der Waals surface area (Å²) in [5, 5.41) is 5.89. The van der Waals surface area contributed by atoms with Crippen molar-refractivity contribution in [1.82, 2.24) is 15.1 Å². The molecule has 1 unspecified atom stereocenters. The van der Waals surface area contributed by atoms with Gasteiger partial charge in [-0.2, -0.15) is 18.3 Å². The summed E-state index contributed by atoms with van der Waals surface area (Å²) in [6.45, 7) is 1.07. The molecule has 1 aromatic heterocycles. The van der Waals surface area contributed by atoms with Gasteiger partial charge in [-0.15, -0.1) is 0 Å². The van der Waals surface area contributed by atoms with Gasteiger partial charge in [0.1, 0.15) is 12.6 Å². The molecule has 1 N–H and O–H groups in total. The van der Waals surface area contributed by atoms with Gasteiger partial charge in [-0.3, -0.25) is 14.3 Å². The first-order chi connectivity index (χ1) is 10.7. The van der Waals surface area contributed by atoms with Gasteiger partial charge in [0.2, 0.25) is 5.91 Å². The predicted molar refractivity (Wildman–Crippen MR) is 76.6 cm³/mol. The Kier molecular flexibility index (Phi) is 5.02. The average Bonchev–Trinajstić information content (AvgIpc) is 3.25. The second-order valence-corrected chi connectivity index (χ2v) is 6.03. The molecule has 1 aromatic rings. The molecule has 1 saturated carbocycles. The predicted octanol–water partition coefficient (Wildman–Crippen LogP) is 2.39. The average molecular weight is 398 g/mol. The van der Waals surface area contributed by atoms with Crippen molar-refractivity contribution in [1.29, 1.82) is 0 Å². The van der Waals surface area contributed by atoms with E-state index in [1.54, 1.807) is 0 Å². The van der Waals surface area contributed by atoms with Gasteiger partial charge >= 0.3 is 12.1 Å². The first-order valence-electron chi connectivity index (χ1n) is 6.86. The van der Waals surface area contributed by atoms with Crippen LogP contribution in [-0.4, -0.2) is 35.3 Å². The third-order valence-electron chi connectivity index (χ3n) is 3.50. The molecule has 128 valence electrons. The number of nitrogens with one attached hydrogen (secondary N) is 1. The van der Waals surface area contributed by atoms with Gasteiger partial charge in [-0.05, 0) is 35.7 Å². The van der Waals surface area contributed by atoms with E-state index in [1.165, 1.54) is 14.0 Å². The van der Waals surface area contributed by atoms with Crippen LogP contribution in [-0.2, 0) is 20.5 Å². The molecule has 1 atom stereocenters. The van der Waals surface area contributed by atoms with Crippen LogP contribution in [0.5, 0.6) is 0 Å². The van der Waals surface area contributed by atoms with Gasteiger partial charge in [0.05, 0.1) is 17.3 Å². The van der Waals surface area contributed by atoms with Crippen molar-refractivity contribution in [3.8, 4) is 0 Å². The van der Waals surface area contributed by atoms with Crippen molar-refractivity contribution in [2.75, 3.05) is 13.7 Å². The minimum atomic E-state index is -4.62. The highest BCUT2D eigenvalue weighted by Crippen LogP contribution is 2.47. The lowest BCUT2D eigenvalue weighted by Gasteiger charge is -2.15. The fraction of sp³-hybridized carbons (Fsp3) is 0.615. The molecule has 1 aliphatic rings. The number of carbonyl (C=O) groups is 2. The van der Waals surface area contributed by atoms with Crippen LogP contribution in [0.15, 0.2) is 4.47 Å². The van der Waals surface area contributed by atoms with Crippen LogP contribution >= 0.6 is 15.9 Å². The molecule has 6 nitrogen and oxygen atoms in total. The third kappa shape index (κ3) is 3.85. The first-order valence-corrected chi connectivity index (χ1v) is 7.65. The van der Waals surface area contributed by atoms with E-state index in [1.807, 2.05) is 0 Å². The van der Waals surface area contributed by atoms with Crippen LogP contribution in [0.2, 0.25) is 0 Å². The van der Waals surface area contributed by atoms with Gasteiger partial charge in [0.25, 0.3) is 0 Å². The maximum Gasteiger partial charge on any atom is 0.436 e. The van der Waals surface area contributed by atoms with Crippen molar-refractivity contribution >= 4 is 27.8 Å². The molecule has 1 amide bonds. The smallest absolute Gasteiger partial charge is 0.436 e. The van der Waals surface area contributed by atoms with Crippen molar-refractivity contribution in [2.24, 2.45) is 0 Å². The highest BCUT2D eigenvalue weighted by molar-refractivity contribution is 9.10. The lowest BCUT2D eigenvalue weighted by atomic mass is 10.2. The maximum absolute atomic E-state index is 13.0. The molecular formula is C13H15BrF3N3O3. The zero-order valence-corrected chi connectivity index (χ0v) is 14.0. The summed E-state index contributed by atoms with van der Waals surface area (Å²) < 4.78 is 44.4. The number of halogens is 4. The highest BCUT2D eigenvalue weighted by Gasteiger charge is 2.43. The number of carbonyl (C=O) groups excluding carboxylic acids is 2. The summed E-state index contributed by atoms with van der Waals surface area (Å²) in [4.78, 5) is 23.1. The van der Waals surface area contributed by atoms with E-state index >= 15 is 0 Å². The molecular weight excluding hydrogens is 383 g/mol. The number of rotatable bonds is 5. The van der Waals surface area contributed by atoms with Crippen molar-refractivity contribution in [3.05, 3.63) is 15.9 Å². The van der Waals surface area contributed by atoms with Crippen LogP contribution < -0.4 is 5.32 Å². The van der Waals surface area contributed by atoms with E-state index < -0.39 is 29.8 Å². The molecule has 0 aliphatic heterocycles. The molecule has 0 aromatic carbocycles. The number of alkyl halides is 3. The highest BCUT2D eigenvalue weighted by atomic mass is 79.9. The van der Waals surface area contributed by atoms with Crippen LogP contribution in [0.4, 0.5) is 13.2 Å². The van der Waals surface area contributed by atoms with E-state index in [0.717, 1.165) is 17.5 Å². The molecule has 1 fully saturated rings. The number of hydrogen-bond donors (Lipinski definition) is 1. The molecule has 1 heterocycles. The number of amides is 1. The van der Waals surface area contributed by atoms with Crippen LogP contribution in [0.3, 0.4) is 0 Å². The minimum absolute atomic E-state index is 0.0520. The van der Waals surface area contributed by atoms with E-state index in [4.69, 9.17) is 0 Å². The lowest BCUT2D eigenvalue weighted by molar-refractivity contribution is -0.142. The SMILES string of the molecule is COC(=O)CNC(=O)C(C)n1nc(C(F)(F)F)c(Br)c1C1CC1. The molecule has 0 bridgehead atoms. The second kappa shape index (κ2) is 6.50.